The number of hydrogen-bond acceptors (Lipinski definition) is 4. The fraction of sp³-hybridized carbons (Fsp3) is 0.636. The lowest BCUT2D eigenvalue weighted by Gasteiger charge is -2.25. The Morgan fingerprint density at radius 2 is 2.17 bits per heavy atom. The van der Waals surface area contributed by atoms with Gasteiger partial charge in [-0.15, -0.1) is 11.3 Å². The topological polar surface area (TPSA) is 66.4 Å². The Morgan fingerprint density at radius 1 is 1.56 bits per heavy atom. The van der Waals surface area contributed by atoms with Gasteiger partial charge in [0, 0.05) is 11.0 Å². The monoisotopic (exact) mass is 355 g/mol. The van der Waals surface area contributed by atoms with Gasteiger partial charge in [0.2, 0.25) is 0 Å². The normalized spacial score (nSPS) is 15.9. The second-order valence-corrected chi connectivity index (χ2v) is 8.71. The summed E-state index contributed by atoms with van der Waals surface area (Å²) in [7, 11) is -3.55. The highest BCUT2D eigenvalue weighted by atomic mass is 79.9. The van der Waals surface area contributed by atoms with Crippen LogP contribution in [0.25, 0.3) is 0 Å². The number of rotatable bonds is 6. The van der Waals surface area contributed by atoms with Gasteiger partial charge in [-0.1, -0.05) is 13.8 Å². The van der Waals surface area contributed by atoms with E-state index in [0.29, 0.717) is 16.8 Å². The molecule has 0 spiro atoms. The zero-order chi connectivity index (χ0) is 14.0. The van der Waals surface area contributed by atoms with E-state index in [1.165, 1.54) is 0 Å². The van der Waals surface area contributed by atoms with Crippen molar-refractivity contribution in [3.8, 4) is 0 Å². The molecule has 104 valence electrons. The molecule has 1 atom stereocenters. The lowest BCUT2D eigenvalue weighted by molar-refractivity contribution is 0.0437. The maximum absolute atomic E-state index is 12.0. The molecular formula is C11H18BrNO3S2. The van der Waals surface area contributed by atoms with Crippen LogP contribution in [0.3, 0.4) is 0 Å². The third kappa shape index (κ3) is 4.62. The predicted octanol–water partition coefficient (Wildman–Crippen LogP) is 2.59. The summed E-state index contributed by atoms with van der Waals surface area (Å²) in [6, 6.07) is 1.69. The summed E-state index contributed by atoms with van der Waals surface area (Å²) < 4.78 is 27.2. The van der Waals surface area contributed by atoms with E-state index in [0.717, 1.165) is 11.3 Å². The average molecular weight is 356 g/mol. The van der Waals surface area contributed by atoms with Crippen molar-refractivity contribution >= 4 is 37.3 Å². The van der Waals surface area contributed by atoms with Gasteiger partial charge in [0.15, 0.2) is 0 Å². The van der Waals surface area contributed by atoms with Crippen LogP contribution in [0.5, 0.6) is 0 Å². The first-order chi connectivity index (χ1) is 8.14. The van der Waals surface area contributed by atoms with Crippen molar-refractivity contribution in [2.24, 2.45) is 5.92 Å². The summed E-state index contributed by atoms with van der Waals surface area (Å²) in [4.78, 5) is 0. The number of aliphatic hydroxyl groups is 1. The number of thiophene rings is 1. The van der Waals surface area contributed by atoms with Crippen LogP contribution in [0.15, 0.2) is 20.1 Å². The van der Waals surface area contributed by atoms with E-state index in [-0.39, 0.29) is 10.8 Å². The highest BCUT2D eigenvalue weighted by Crippen LogP contribution is 2.27. The Hall–Kier alpha value is 0.0500. The third-order valence-electron chi connectivity index (χ3n) is 2.32. The summed E-state index contributed by atoms with van der Waals surface area (Å²) >= 11 is 4.33. The van der Waals surface area contributed by atoms with E-state index in [2.05, 4.69) is 20.7 Å². The molecule has 7 heteroatoms. The molecular weight excluding hydrogens is 338 g/mol. The maximum Gasteiger partial charge on any atom is 0.251 e. The molecule has 2 N–H and O–H groups in total. The van der Waals surface area contributed by atoms with Crippen LogP contribution in [0.1, 0.15) is 27.2 Å². The number of sulfonamides is 1. The molecule has 0 bridgehead atoms. The zero-order valence-electron chi connectivity index (χ0n) is 10.6. The van der Waals surface area contributed by atoms with Crippen LogP contribution >= 0.6 is 27.3 Å². The minimum absolute atomic E-state index is 0.0118. The standard InChI is InChI=1S/C11H18BrNO3S2/c1-8(2)6-11(3,14)7-13-18(15,16)10-9(12)4-5-17-10/h4-5,8,13-14H,6-7H2,1-3H3. The van der Waals surface area contributed by atoms with Crippen LogP contribution in [0.4, 0.5) is 0 Å². The lowest BCUT2D eigenvalue weighted by atomic mass is 9.95. The molecule has 0 aliphatic rings. The summed E-state index contributed by atoms with van der Waals surface area (Å²) in [6.07, 6.45) is 0.543. The average Bonchev–Trinajstić information content (AvgIpc) is 2.61. The predicted molar refractivity (Wildman–Crippen MR) is 77.3 cm³/mol. The SMILES string of the molecule is CC(C)CC(C)(O)CNS(=O)(=O)c1sccc1Br. The largest absolute Gasteiger partial charge is 0.389 e. The summed E-state index contributed by atoms with van der Waals surface area (Å²) in [5, 5.41) is 11.8. The molecule has 1 aromatic rings. The van der Waals surface area contributed by atoms with Crippen LogP contribution in [0.2, 0.25) is 0 Å². The molecule has 0 radical (unpaired) electrons. The van der Waals surface area contributed by atoms with Gasteiger partial charge in [-0.05, 0) is 46.6 Å². The van der Waals surface area contributed by atoms with E-state index in [9.17, 15) is 13.5 Å². The van der Waals surface area contributed by atoms with E-state index in [1.54, 1.807) is 18.4 Å². The van der Waals surface area contributed by atoms with Gasteiger partial charge in [-0.3, -0.25) is 0 Å². The molecule has 1 heterocycles. The molecule has 0 aliphatic carbocycles. The lowest BCUT2D eigenvalue weighted by Crippen LogP contribution is -2.41. The quantitative estimate of drug-likeness (QED) is 0.823. The van der Waals surface area contributed by atoms with E-state index in [1.807, 2.05) is 13.8 Å². The highest BCUT2D eigenvalue weighted by Gasteiger charge is 2.26. The van der Waals surface area contributed by atoms with Gasteiger partial charge in [0.25, 0.3) is 10.0 Å². The molecule has 0 saturated carbocycles. The second-order valence-electron chi connectivity index (χ2n) is 4.98. The molecule has 1 rings (SSSR count). The Kier molecular flexibility index (Phi) is 5.37. The van der Waals surface area contributed by atoms with Gasteiger partial charge in [-0.2, -0.15) is 0 Å². The van der Waals surface area contributed by atoms with Crippen molar-refractivity contribution in [1.82, 2.24) is 4.72 Å². The van der Waals surface area contributed by atoms with Gasteiger partial charge >= 0.3 is 0 Å². The number of hydrogen-bond donors (Lipinski definition) is 2. The summed E-state index contributed by atoms with van der Waals surface area (Å²) in [6.45, 7) is 5.62. The Balaban J connectivity index is 2.72. The molecule has 0 aromatic carbocycles. The molecule has 0 saturated heterocycles. The first-order valence-corrected chi connectivity index (χ1v) is 8.75. The van der Waals surface area contributed by atoms with Crippen LogP contribution in [0, 0.1) is 5.92 Å². The van der Waals surface area contributed by atoms with Crippen LogP contribution in [-0.4, -0.2) is 25.7 Å². The second kappa shape index (κ2) is 6.00. The minimum atomic E-state index is -3.55. The van der Waals surface area contributed by atoms with E-state index >= 15 is 0 Å². The molecule has 18 heavy (non-hydrogen) atoms. The first kappa shape index (κ1) is 16.1. The van der Waals surface area contributed by atoms with Gasteiger partial charge in [0.1, 0.15) is 4.21 Å². The Morgan fingerprint density at radius 3 is 2.61 bits per heavy atom. The van der Waals surface area contributed by atoms with Gasteiger partial charge in [-0.25, -0.2) is 13.1 Å². The Labute approximate surface area is 121 Å². The van der Waals surface area contributed by atoms with Crippen molar-refractivity contribution in [1.29, 1.82) is 0 Å². The molecule has 1 aromatic heterocycles. The van der Waals surface area contributed by atoms with E-state index in [4.69, 9.17) is 0 Å². The Bertz CT molecular complexity index is 494. The van der Waals surface area contributed by atoms with Crippen LogP contribution in [-0.2, 0) is 10.0 Å². The van der Waals surface area contributed by atoms with Crippen molar-refractivity contribution in [3.05, 3.63) is 15.9 Å². The van der Waals surface area contributed by atoms with E-state index < -0.39 is 15.6 Å². The van der Waals surface area contributed by atoms with Crippen molar-refractivity contribution < 1.29 is 13.5 Å². The van der Waals surface area contributed by atoms with Gasteiger partial charge < -0.3 is 5.11 Å². The minimum Gasteiger partial charge on any atom is -0.389 e. The fourth-order valence-electron chi connectivity index (χ4n) is 1.74. The van der Waals surface area contributed by atoms with Crippen molar-refractivity contribution in [3.63, 3.8) is 0 Å². The third-order valence-corrected chi connectivity index (χ3v) is 6.39. The van der Waals surface area contributed by atoms with Crippen molar-refractivity contribution in [2.75, 3.05) is 6.54 Å². The van der Waals surface area contributed by atoms with Crippen molar-refractivity contribution in [2.45, 2.75) is 37.0 Å². The first-order valence-electron chi connectivity index (χ1n) is 5.59. The smallest absolute Gasteiger partial charge is 0.251 e. The molecule has 4 nitrogen and oxygen atoms in total. The maximum atomic E-state index is 12.0. The van der Waals surface area contributed by atoms with Gasteiger partial charge in [0.05, 0.1) is 5.60 Å². The highest BCUT2D eigenvalue weighted by molar-refractivity contribution is 9.10. The van der Waals surface area contributed by atoms with Crippen LogP contribution < -0.4 is 4.72 Å². The molecule has 1 unspecified atom stereocenters. The molecule has 0 fully saturated rings. The molecule has 0 amide bonds. The number of nitrogens with one attached hydrogen (secondary N) is 1. The number of halogens is 1. The zero-order valence-corrected chi connectivity index (χ0v) is 13.8. The summed E-state index contributed by atoms with van der Waals surface area (Å²) in [5.41, 5.74) is -1.04. The molecule has 0 aliphatic heterocycles. The fourth-order valence-corrected chi connectivity index (χ4v) is 5.28. The summed E-state index contributed by atoms with van der Waals surface area (Å²) in [5.74, 6) is 0.304.